The van der Waals surface area contributed by atoms with Crippen molar-refractivity contribution in [3.05, 3.63) is 24.3 Å². The summed E-state index contributed by atoms with van der Waals surface area (Å²) in [5.41, 5.74) is 0. The Balaban J connectivity index is 2.13. The Morgan fingerprint density at radius 2 is 2.00 bits per heavy atom. The van der Waals surface area contributed by atoms with Crippen molar-refractivity contribution in [2.75, 3.05) is 6.54 Å². The van der Waals surface area contributed by atoms with Gasteiger partial charge in [-0.25, -0.2) is 0 Å². The van der Waals surface area contributed by atoms with Gasteiger partial charge < -0.3 is 0 Å². The molecule has 0 radical (unpaired) electrons. The zero-order valence-electron chi connectivity index (χ0n) is 7.90. The van der Waals surface area contributed by atoms with Crippen LogP contribution in [0, 0.1) is 5.92 Å². The third kappa shape index (κ3) is 1.22. The number of likely N-dealkylation sites (tertiary alicyclic amines) is 1. The number of allylic oxidation sites excluding steroid dienone is 2. The summed E-state index contributed by atoms with van der Waals surface area (Å²) in [7, 11) is 0. The Bertz CT molecular complexity index is 215. The first-order valence-electron chi connectivity index (χ1n) is 4.90. The van der Waals surface area contributed by atoms with Gasteiger partial charge >= 0.3 is 0 Å². The molecule has 2 atom stereocenters. The number of hydrogen-bond acceptors (Lipinski definition) is 1. The zero-order valence-corrected chi connectivity index (χ0v) is 7.90. The molecule has 1 aliphatic heterocycles. The van der Waals surface area contributed by atoms with Crippen molar-refractivity contribution in [3.8, 4) is 0 Å². The molecule has 1 aliphatic carbocycles. The summed E-state index contributed by atoms with van der Waals surface area (Å²) in [6.45, 7) is 5.84. The van der Waals surface area contributed by atoms with Crippen molar-refractivity contribution >= 4 is 0 Å². The zero-order chi connectivity index (χ0) is 8.55. The average Bonchev–Trinajstić information content (AvgIpc) is 2.47. The first kappa shape index (κ1) is 8.06. The van der Waals surface area contributed by atoms with Gasteiger partial charge in [-0.2, -0.15) is 0 Å². The lowest BCUT2D eigenvalue weighted by atomic mass is 9.96. The number of hydrogen-bond donors (Lipinski definition) is 0. The van der Waals surface area contributed by atoms with Gasteiger partial charge in [-0.15, -0.1) is 0 Å². The van der Waals surface area contributed by atoms with Gasteiger partial charge in [0, 0.05) is 12.1 Å². The molecule has 0 aromatic rings. The van der Waals surface area contributed by atoms with E-state index in [-0.39, 0.29) is 0 Å². The van der Waals surface area contributed by atoms with Crippen molar-refractivity contribution in [2.24, 2.45) is 5.92 Å². The van der Waals surface area contributed by atoms with Crippen molar-refractivity contribution in [3.63, 3.8) is 0 Å². The molecule has 1 heterocycles. The molecular weight excluding hydrogens is 146 g/mol. The average molecular weight is 163 g/mol. The minimum Gasteiger partial charge on any atom is -0.294 e. The molecule has 0 amide bonds. The molecule has 0 spiro atoms. The lowest BCUT2D eigenvalue weighted by Gasteiger charge is -2.29. The maximum atomic E-state index is 2.59. The van der Waals surface area contributed by atoms with Crippen LogP contribution in [0.3, 0.4) is 0 Å². The van der Waals surface area contributed by atoms with Gasteiger partial charge in [0.25, 0.3) is 0 Å². The maximum Gasteiger partial charge on any atom is 0.0347 e. The Morgan fingerprint density at radius 3 is 2.75 bits per heavy atom. The Kier molecular flexibility index (Phi) is 2.05. The Hall–Kier alpha value is -0.560. The second kappa shape index (κ2) is 3.06. The van der Waals surface area contributed by atoms with Crippen LogP contribution in [-0.4, -0.2) is 23.5 Å². The van der Waals surface area contributed by atoms with Crippen LogP contribution >= 0.6 is 0 Å². The third-order valence-electron chi connectivity index (χ3n) is 2.98. The van der Waals surface area contributed by atoms with Crippen LogP contribution < -0.4 is 0 Å². The Morgan fingerprint density at radius 1 is 1.25 bits per heavy atom. The fraction of sp³-hybridized carbons (Fsp3) is 0.636. The molecule has 2 rings (SSSR count). The normalized spacial score (nSPS) is 34.6. The van der Waals surface area contributed by atoms with E-state index in [2.05, 4.69) is 43.1 Å². The highest BCUT2D eigenvalue weighted by atomic mass is 15.2. The molecule has 1 heteroatoms. The number of nitrogens with zero attached hydrogens (tertiary/aromatic N) is 1. The van der Waals surface area contributed by atoms with Crippen molar-refractivity contribution in [1.82, 2.24) is 4.90 Å². The number of rotatable bonds is 1. The fourth-order valence-electron chi connectivity index (χ4n) is 2.31. The fourth-order valence-corrected chi connectivity index (χ4v) is 2.31. The topological polar surface area (TPSA) is 3.24 Å². The quantitative estimate of drug-likeness (QED) is 0.573. The minimum atomic E-state index is 0.690. The molecule has 0 N–H and O–H groups in total. The van der Waals surface area contributed by atoms with E-state index in [1.165, 1.54) is 13.0 Å². The molecule has 12 heavy (non-hydrogen) atoms. The lowest BCUT2D eigenvalue weighted by Crippen LogP contribution is -2.36. The standard InChI is InChI=1S/C11H17N/c1-9(2)12-8-7-10-5-3-4-6-11(10)12/h3-6,9-11H,7-8H2,1-2H3. The van der Waals surface area contributed by atoms with Crippen molar-refractivity contribution in [2.45, 2.75) is 32.4 Å². The Labute approximate surface area is 74.8 Å². The molecular formula is C11H17N. The van der Waals surface area contributed by atoms with Crippen LogP contribution in [0.2, 0.25) is 0 Å². The minimum absolute atomic E-state index is 0.690. The molecule has 2 aliphatic rings. The summed E-state index contributed by atoms with van der Waals surface area (Å²) in [4.78, 5) is 2.59. The highest BCUT2D eigenvalue weighted by molar-refractivity contribution is 5.19. The molecule has 2 unspecified atom stereocenters. The van der Waals surface area contributed by atoms with E-state index in [1.807, 2.05) is 0 Å². The second-order valence-corrected chi connectivity index (χ2v) is 4.04. The van der Waals surface area contributed by atoms with E-state index in [0.717, 1.165) is 5.92 Å². The summed E-state index contributed by atoms with van der Waals surface area (Å²) in [5.74, 6) is 0.789. The predicted octanol–water partition coefficient (Wildman–Crippen LogP) is 2.21. The summed E-state index contributed by atoms with van der Waals surface area (Å²) in [6, 6.07) is 1.38. The first-order chi connectivity index (χ1) is 5.79. The van der Waals surface area contributed by atoms with Gasteiger partial charge in [0.15, 0.2) is 0 Å². The summed E-state index contributed by atoms with van der Waals surface area (Å²) >= 11 is 0. The molecule has 0 aromatic carbocycles. The van der Waals surface area contributed by atoms with Crippen LogP contribution in [-0.2, 0) is 0 Å². The van der Waals surface area contributed by atoms with Crippen LogP contribution in [0.4, 0.5) is 0 Å². The monoisotopic (exact) mass is 163 g/mol. The molecule has 1 saturated heterocycles. The van der Waals surface area contributed by atoms with Gasteiger partial charge in [-0.3, -0.25) is 4.90 Å². The van der Waals surface area contributed by atoms with Gasteiger partial charge in [-0.05, 0) is 32.7 Å². The molecule has 1 nitrogen and oxygen atoms in total. The second-order valence-electron chi connectivity index (χ2n) is 4.04. The van der Waals surface area contributed by atoms with E-state index >= 15 is 0 Å². The SMILES string of the molecule is CC(C)N1CCC2C=CC=CC21. The number of fused-ring (bicyclic) bond motifs is 1. The third-order valence-corrected chi connectivity index (χ3v) is 2.98. The van der Waals surface area contributed by atoms with Gasteiger partial charge in [-0.1, -0.05) is 24.3 Å². The summed E-state index contributed by atoms with van der Waals surface area (Å²) in [5, 5.41) is 0. The molecule has 66 valence electrons. The smallest absolute Gasteiger partial charge is 0.0347 e. The van der Waals surface area contributed by atoms with Crippen LogP contribution in [0.25, 0.3) is 0 Å². The van der Waals surface area contributed by atoms with Crippen LogP contribution in [0.1, 0.15) is 20.3 Å². The van der Waals surface area contributed by atoms with E-state index in [4.69, 9.17) is 0 Å². The molecule has 0 bridgehead atoms. The first-order valence-corrected chi connectivity index (χ1v) is 4.90. The largest absolute Gasteiger partial charge is 0.294 e. The summed E-state index contributed by atoms with van der Waals surface area (Å²) < 4.78 is 0. The lowest BCUT2D eigenvalue weighted by molar-refractivity contribution is 0.223. The van der Waals surface area contributed by atoms with Gasteiger partial charge in [0.1, 0.15) is 0 Å². The highest BCUT2D eigenvalue weighted by Gasteiger charge is 2.32. The van der Waals surface area contributed by atoms with E-state index in [1.54, 1.807) is 0 Å². The highest BCUT2D eigenvalue weighted by Crippen LogP contribution is 2.30. The van der Waals surface area contributed by atoms with Crippen LogP contribution in [0.5, 0.6) is 0 Å². The van der Waals surface area contributed by atoms with E-state index in [0.29, 0.717) is 12.1 Å². The van der Waals surface area contributed by atoms with E-state index < -0.39 is 0 Å². The van der Waals surface area contributed by atoms with Crippen LogP contribution in [0.15, 0.2) is 24.3 Å². The molecule has 0 aromatic heterocycles. The molecule has 1 fully saturated rings. The van der Waals surface area contributed by atoms with Crippen molar-refractivity contribution in [1.29, 1.82) is 0 Å². The maximum absolute atomic E-state index is 2.59. The summed E-state index contributed by atoms with van der Waals surface area (Å²) in [6.07, 6.45) is 10.4. The van der Waals surface area contributed by atoms with E-state index in [9.17, 15) is 0 Å². The van der Waals surface area contributed by atoms with Gasteiger partial charge in [0.2, 0.25) is 0 Å². The predicted molar refractivity (Wildman–Crippen MR) is 52.0 cm³/mol. The van der Waals surface area contributed by atoms with Gasteiger partial charge in [0.05, 0.1) is 0 Å². The van der Waals surface area contributed by atoms with Crippen molar-refractivity contribution < 1.29 is 0 Å². The molecule has 0 saturated carbocycles.